The Morgan fingerprint density at radius 3 is 2.48 bits per heavy atom. The molecule has 3 nitrogen and oxygen atoms in total. The largest absolute Gasteiger partial charge is 0.353 e. The SMILES string of the molecule is CC(C)c1ccc(-n2ccnc2NC2CCCCC2)cc1. The van der Waals surface area contributed by atoms with Crippen LogP contribution < -0.4 is 5.32 Å². The van der Waals surface area contributed by atoms with Crippen LogP contribution in [0.25, 0.3) is 5.69 Å². The molecule has 0 radical (unpaired) electrons. The van der Waals surface area contributed by atoms with Gasteiger partial charge in [-0.15, -0.1) is 0 Å². The van der Waals surface area contributed by atoms with Gasteiger partial charge < -0.3 is 5.32 Å². The van der Waals surface area contributed by atoms with Gasteiger partial charge >= 0.3 is 0 Å². The van der Waals surface area contributed by atoms with Crippen molar-refractivity contribution < 1.29 is 0 Å². The van der Waals surface area contributed by atoms with Crippen molar-refractivity contribution >= 4 is 5.95 Å². The molecule has 0 saturated heterocycles. The van der Waals surface area contributed by atoms with Crippen LogP contribution >= 0.6 is 0 Å². The third kappa shape index (κ3) is 3.29. The Morgan fingerprint density at radius 2 is 1.81 bits per heavy atom. The Labute approximate surface area is 127 Å². The van der Waals surface area contributed by atoms with Gasteiger partial charge in [0, 0.05) is 24.1 Å². The fraction of sp³-hybridized carbons (Fsp3) is 0.500. The predicted octanol–water partition coefficient (Wildman–Crippen LogP) is 4.74. The molecule has 0 bridgehead atoms. The van der Waals surface area contributed by atoms with Gasteiger partial charge in [-0.2, -0.15) is 0 Å². The van der Waals surface area contributed by atoms with Crippen LogP contribution in [-0.4, -0.2) is 15.6 Å². The third-order valence-electron chi connectivity index (χ3n) is 4.42. The van der Waals surface area contributed by atoms with Crippen LogP contribution in [0.1, 0.15) is 57.4 Å². The smallest absolute Gasteiger partial charge is 0.207 e. The molecule has 2 aromatic rings. The summed E-state index contributed by atoms with van der Waals surface area (Å²) in [6, 6.07) is 9.37. The van der Waals surface area contributed by atoms with Crippen LogP contribution in [0.15, 0.2) is 36.7 Å². The molecular formula is C18H25N3. The van der Waals surface area contributed by atoms with Crippen molar-refractivity contribution in [1.29, 1.82) is 0 Å². The molecular weight excluding hydrogens is 258 g/mol. The molecule has 1 fully saturated rings. The molecule has 1 aromatic carbocycles. The highest BCUT2D eigenvalue weighted by Gasteiger charge is 2.15. The Morgan fingerprint density at radius 1 is 1.10 bits per heavy atom. The summed E-state index contributed by atoms with van der Waals surface area (Å²) in [6.07, 6.45) is 10.5. The first-order valence-corrected chi connectivity index (χ1v) is 8.14. The zero-order chi connectivity index (χ0) is 14.7. The topological polar surface area (TPSA) is 29.9 Å². The van der Waals surface area contributed by atoms with Crippen LogP contribution in [0.5, 0.6) is 0 Å². The lowest BCUT2D eigenvalue weighted by Gasteiger charge is -2.23. The summed E-state index contributed by atoms with van der Waals surface area (Å²) in [4.78, 5) is 4.50. The quantitative estimate of drug-likeness (QED) is 0.878. The molecule has 0 amide bonds. The minimum absolute atomic E-state index is 0.571. The van der Waals surface area contributed by atoms with Gasteiger partial charge in [0.1, 0.15) is 0 Å². The predicted molar refractivity (Wildman–Crippen MR) is 88.1 cm³/mol. The number of benzene rings is 1. The maximum atomic E-state index is 4.50. The minimum Gasteiger partial charge on any atom is -0.353 e. The van der Waals surface area contributed by atoms with Crippen molar-refractivity contribution in [2.45, 2.75) is 57.9 Å². The Kier molecular flexibility index (Phi) is 4.28. The Bertz CT molecular complexity index is 562. The van der Waals surface area contributed by atoms with E-state index in [9.17, 15) is 0 Å². The van der Waals surface area contributed by atoms with E-state index < -0.39 is 0 Å². The third-order valence-corrected chi connectivity index (χ3v) is 4.42. The van der Waals surface area contributed by atoms with Gasteiger partial charge in [0.05, 0.1) is 0 Å². The second kappa shape index (κ2) is 6.33. The molecule has 1 aliphatic carbocycles. The maximum Gasteiger partial charge on any atom is 0.207 e. The van der Waals surface area contributed by atoms with Gasteiger partial charge in [0.25, 0.3) is 0 Å². The molecule has 1 saturated carbocycles. The van der Waals surface area contributed by atoms with Gasteiger partial charge in [-0.3, -0.25) is 4.57 Å². The highest BCUT2D eigenvalue weighted by molar-refractivity contribution is 5.43. The summed E-state index contributed by atoms with van der Waals surface area (Å²) in [6.45, 7) is 4.45. The molecule has 1 aliphatic rings. The first-order chi connectivity index (χ1) is 10.2. The minimum atomic E-state index is 0.571. The van der Waals surface area contributed by atoms with E-state index in [1.807, 2.05) is 12.4 Å². The van der Waals surface area contributed by atoms with Crippen LogP contribution in [-0.2, 0) is 0 Å². The Balaban J connectivity index is 1.77. The highest BCUT2D eigenvalue weighted by Crippen LogP contribution is 2.23. The summed E-state index contributed by atoms with van der Waals surface area (Å²) in [5.74, 6) is 1.54. The van der Waals surface area contributed by atoms with Crippen molar-refractivity contribution in [2.24, 2.45) is 0 Å². The lowest BCUT2D eigenvalue weighted by molar-refractivity contribution is 0.460. The molecule has 0 unspecified atom stereocenters. The first kappa shape index (κ1) is 14.2. The van der Waals surface area contributed by atoms with Crippen LogP contribution in [0.2, 0.25) is 0 Å². The van der Waals surface area contributed by atoms with Gasteiger partial charge in [-0.25, -0.2) is 4.98 Å². The standard InChI is InChI=1S/C18H25N3/c1-14(2)15-8-10-17(11-9-15)21-13-12-19-18(21)20-16-6-4-3-5-7-16/h8-14,16H,3-7H2,1-2H3,(H,19,20). The molecule has 3 rings (SSSR count). The molecule has 21 heavy (non-hydrogen) atoms. The molecule has 0 spiro atoms. The lowest BCUT2D eigenvalue weighted by Crippen LogP contribution is -2.24. The number of nitrogens with zero attached hydrogens (tertiary/aromatic N) is 2. The van der Waals surface area contributed by atoms with Gasteiger partial charge in [-0.1, -0.05) is 45.2 Å². The molecule has 1 heterocycles. The fourth-order valence-electron chi connectivity index (χ4n) is 3.07. The zero-order valence-electron chi connectivity index (χ0n) is 13.0. The number of rotatable bonds is 4. The summed E-state index contributed by atoms with van der Waals surface area (Å²) in [5.41, 5.74) is 2.55. The lowest BCUT2D eigenvalue weighted by atomic mass is 9.96. The number of nitrogens with one attached hydrogen (secondary N) is 1. The van der Waals surface area contributed by atoms with Crippen molar-refractivity contribution in [3.63, 3.8) is 0 Å². The number of aromatic nitrogens is 2. The van der Waals surface area contributed by atoms with E-state index in [0.29, 0.717) is 12.0 Å². The fourth-order valence-corrected chi connectivity index (χ4v) is 3.07. The second-order valence-electron chi connectivity index (χ2n) is 6.35. The van der Waals surface area contributed by atoms with Crippen molar-refractivity contribution in [3.8, 4) is 5.69 Å². The van der Waals surface area contributed by atoms with E-state index in [0.717, 1.165) is 5.95 Å². The zero-order valence-corrected chi connectivity index (χ0v) is 13.0. The monoisotopic (exact) mass is 283 g/mol. The highest BCUT2D eigenvalue weighted by atomic mass is 15.2. The molecule has 3 heteroatoms. The first-order valence-electron chi connectivity index (χ1n) is 8.14. The van der Waals surface area contributed by atoms with Crippen LogP contribution in [0.4, 0.5) is 5.95 Å². The van der Waals surface area contributed by atoms with E-state index in [-0.39, 0.29) is 0 Å². The average molecular weight is 283 g/mol. The van der Waals surface area contributed by atoms with Gasteiger partial charge in [0.2, 0.25) is 5.95 Å². The van der Waals surface area contributed by atoms with E-state index in [1.54, 1.807) is 0 Å². The summed E-state index contributed by atoms with van der Waals surface area (Å²) >= 11 is 0. The molecule has 0 atom stereocenters. The number of imidazole rings is 1. The second-order valence-corrected chi connectivity index (χ2v) is 6.35. The molecule has 1 N–H and O–H groups in total. The summed E-state index contributed by atoms with van der Waals surface area (Å²) in [5, 5.41) is 3.62. The average Bonchev–Trinajstić information content (AvgIpc) is 2.96. The number of anilines is 1. The van der Waals surface area contributed by atoms with Gasteiger partial charge in [-0.05, 0) is 36.5 Å². The van der Waals surface area contributed by atoms with Crippen molar-refractivity contribution in [3.05, 3.63) is 42.2 Å². The van der Waals surface area contributed by atoms with E-state index in [4.69, 9.17) is 0 Å². The summed E-state index contributed by atoms with van der Waals surface area (Å²) < 4.78 is 2.15. The van der Waals surface area contributed by atoms with Crippen LogP contribution in [0.3, 0.4) is 0 Å². The normalized spacial score (nSPS) is 16.3. The molecule has 1 aromatic heterocycles. The van der Waals surface area contributed by atoms with E-state index in [2.05, 4.69) is 53.0 Å². The van der Waals surface area contributed by atoms with Gasteiger partial charge in [0.15, 0.2) is 0 Å². The van der Waals surface area contributed by atoms with E-state index in [1.165, 1.54) is 43.4 Å². The van der Waals surface area contributed by atoms with Crippen molar-refractivity contribution in [1.82, 2.24) is 9.55 Å². The van der Waals surface area contributed by atoms with Crippen molar-refractivity contribution in [2.75, 3.05) is 5.32 Å². The molecule has 112 valence electrons. The van der Waals surface area contributed by atoms with Crippen LogP contribution in [0, 0.1) is 0 Å². The van der Waals surface area contributed by atoms with E-state index >= 15 is 0 Å². The Hall–Kier alpha value is -1.77. The number of hydrogen-bond acceptors (Lipinski definition) is 2. The maximum absolute atomic E-state index is 4.50. The number of hydrogen-bond donors (Lipinski definition) is 1. The molecule has 0 aliphatic heterocycles. The summed E-state index contributed by atoms with van der Waals surface area (Å²) in [7, 11) is 0.